The molecule has 8 heteroatoms. The van der Waals surface area contributed by atoms with Crippen molar-refractivity contribution in [3.63, 3.8) is 0 Å². The smallest absolute Gasteiger partial charge is 0.317 e. The monoisotopic (exact) mass is 564 g/mol. The third kappa shape index (κ3) is 6.77. The Morgan fingerprint density at radius 2 is 1.62 bits per heavy atom. The van der Waals surface area contributed by atoms with Gasteiger partial charge in [0.15, 0.2) is 5.78 Å². The van der Waals surface area contributed by atoms with E-state index in [-0.39, 0.29) is 29.1 Å². The Balaban J connectivity index is 1.35. The van der Waals surface area contributed by atoms with Crippen LogP contribution in [0.1, 0.15) is 72.5 Å². The van der Waals surface area contributed by atoms with Crippen molar-refractivity contribution in [1.29, 1.82) is 0 Å². The van der Waals surface area contributed by atoms with Crippen molar-refractivity contribution in [2.24, 2.45) is 5.92 Å². The Morgan fingerprint density at radius 1 is 0.929 bits per heavy atom. The summed E-state index contributed by atoms with van der Waals surface area (Å²) in [6.07, 6.45) is 1.85. The number of pyridine rings is 1. The molecule has 3 N–H and O–H groups in total. The number of Topliss-reactive ketones (excluding diaryl/α,β-unsaturated/α-hetero) is 1. The first-order valence-electron chi connectivity index (χ1n) is 14.6. The molecular formula is C34H40N6O2. The lowest BCUT2D eigenvalue weighted by molar-refractivity contribution is 0.0910. The highest BCUT2D eigenvalue weighted by Gasteiger charge is 2.32. The van der Waals surface area contributed by atoms with E-state index in [2.05, 4.69) is 41.7 Å². The number of aryl methyl sites for hydroxylation is 2. The van der Waals surface area contributed by atoms with Crippen LogP contribution >= 0.6 is 0 Å². The van der Waals surface area contributed by atoms with Crippen LogP contribution in [0.5, 0.6) is 0 Å². The highest BCUT2D eigenvalue weighted by atomic mass is 16.2. The van der Waals surface area contributed by atoms with Gasteiger partial charge in [-0.1, -0.05) is 56.7 Å². The second kappa shape index (κ2) is 12.3. The maximum Gasteiger partial charge on any atom is 0.324 e. The summed E-state index contributed by atoms with van der Waals surface area (Å²) in [6, 6.07) is 22.8. The van der Waals surface area contributed by atoms with Crippen molar-refractivity contribution >= 4 is 23.3 Å². The van der Waals surface area contributed by atoms with Crippen LogP contribution in [0.3, 0.4) is 0 Å². The van der Waals surface area contributed by atoms with Crippen molar-refractivity contribution in [2.45, 2.75) is 58.8 Å². The molecule has 1 fully saturated rings. The summed E-state index contributed by atoms with van der Waals surface area (Å²) < 4.78 is 1.76. The maximum absolute atomic E-state index is 13.7. The lowest BCUT2D eigenvalue weighted by Crippen LogP contribution is -2.34. The third-order valence-corrected chi connectivity index (χ3v) is 7.80. The average molecular weight is 565 g/mol. The molecule has 0 saturated carbocycles. The fourth-order valence-electron chi connectivity index (χ4n) is 5.43. The molecule has 0 radical (unpaired) electrons. The number of urea groups is 1. The van der Waals surface area contributed by atoms with Crippen LogP contribution in [-0.2, 0) is 5.41 Å². The number of ketones is 1. The van der Waals surface area contributed by atoms with Crippen LogP contribution in [0.15, 0.2) is 72.8 Å². The van der Waals surface area contributed by atoms with Crippen LogP contribution in [0.25, 0.3) is 5.69 Å². The Morgan fingerprint density at radius 3 is 2.26 bits per heavy atom. The largest absolute Gasteiger partial charge is 0.324 e. The van der Waals surface area contributed by atoms with Gasteiger partial charge in [-0.25, -0.2) is 9.48 Å². The average Bonchev–Trinajstić information content (AvgIpc) is 3.39. The van der Waals surface area contributed by atoms with Gasteiger partial charge in [0.2, 0.25) is 0 Å². The number of hydrogen-bond donors (Lipinski definition) is 3. The maximum atomic E-state index is 13.7. The van der Waals surface area contributed by atoms with Gasteiger partial charge in [0.05, 0.1) is 17.3 Å². The van der Waals surface area contributed by atoms with Crippen LogP contribution < -0.4 is 16.0 Å². The van der Waals surface area contributed by atoms with Gasteiger partial charge in [0, 0.05) is 22.9 Å². The summed E-state index contributed by atoms with van der Waals surface area (Å²) in [6.45, 7) is 12.0. The lowest BCUT2D eigenvalue weighted by atomic mass is 9.77. The number of carbonyl (C=O) groups is 2. The van der Waals surface area contributed by atoms with E-state index in [9.17, 15) is 9.59 Å². The predicted octanol–water partition coefficient (Wildman–Crippen LogP) is 6.79. The molecule has 1 atom stereocenters. The SMILES string of the molecule is Cc1ccc(-n2nc(C(C)(C)C)cc2NC(=O)Nc2ccc(C(C(=O)c3cccc(C)n3)C3CCNCC3)cc2)cc1. The van der Waals surface area contributed by atoms with Crippen molar-refractivity contribution in [3.05, 3.63) is 101 Å². The third-order valence-electron chi connectivity index (χ3n) is 7.80. The van der Waals surface area contributed by atoms with Crippen LogP contribution in [0.2, 0.25) is 0 Å². The fraction of sp³-hybridized carbons (Fsp3) is 0.353. The Kier molecular flexibility index (Phi) is 8.54. The minimum absolute atomic E-state index is 0.0445. The van der Waals surface area contributed by atoms with E-state index in [0.717, 1.165) is 54.1 Å². The molecule has 0 spiro atoms. The van der Waals surface area contributed by atoms with E-state index in [1.165, 1.54) is 0 Å². The van der Waals surface area contributed by atoms with Gasteiger partial charge in [-0.3, -0.25) is 15.1 Å². The number of nitrogens with one attached hydrogen (secondary N) is 3. The Hall–Kier alpha value is -4.30. The molecule has 218 valence electrons. The normalized spacial score (nSPS) is 14.8. The molecule has 2 amide bonds. The molecule has 5 rings (SSSR count). The molecule has 3 heterocycles. The van der Waals surface area contributed by atoms with Gasteiger partial charge in [-0.05, 0) is 87.7 Å². The first-order chi connectivity index (χ1) is 20.1. The van der Waals surface area contributed by atoms with E-state index < -0.39 is 0 Å². The minimum atomic E-state index is -0.369. The number of piperidine rings is 1. The molecule has 0 bridgehead atoms. The molecule has 8 nitrogen and oxygen atoms in total. The molecular weight excluding hydrogens is 524 g/mol. The molecule has 1 unspecified atom stereocenters. The van der Waals surface area contributed by atoms with Crippen LogP contribution in [0, 0.1) is 19.8 Å². The number of anilines is 2. The zero-order chi connectivity index (χ0) is 29.9. The lowest BCUT2D eigenvalue weighted by Gasteiger charge is -2.30. The minimum Gasteiger partial charge on any atom is -0.317 e. The number of hydrogen-bond acceptors (Lipinski definition) is 5. The summed E-state index contributed by atoms with van der Waals surface area (Å²) >= 11 is 0. The zero-order valence-electron chi connectivity index (χ0n) is 25.1. The van der Waals surface area contributed by atoms with Gasteiger partial charge >= 0.3 is 6.03 Å². The van der Waals surface area contributed by atoms with Gasteiger partial charge in [-0.15, -0.1) is 0 Å². The fourth-order valence-corrected chi connectivity index (χ4v) is 5.43. The van der Waals surface area contributed by atoms with Gasteiger partial charge < -0.3 is 10.6 Å². The van der Waals surface area contributed by atoms with Crippen molar-refractivity contribution in [3.8, 4) is 5.69 Å². The molecule has 2 aromatic heterocycles. The van der Waals surface area contributed by atoms with E-state index in [0.29, 0.717) is 17.2 Å². The second-order valence-electron chi connectivity index (χ2n) is 12.2. The molecule has 1 saturated heterocycles. The van der Waals surface area contributed by atoms with Crippen LogP contribution in [-0.4, -0.2) is 39.7 Å². The second-order valence-corrected chi connectivity index (χ2v) is 12.2. The number of rotatable bonds is 7. The topological polar surface area (TPSA) is 101 Å². The van der Waals surface area contributed by atoms with Gasteiger partial charge in [-0.2, -0.15) is 5.10 Å². The summed E-state index contributed by atoms with van der Waals surface area (Å²) in [7, 11) is 0. The number of nitrogens with zero attached hydrogens (tertiary/aromatic N) is 3. The molecule has 42 heavy (non-hydrogen) atoms. The van der Waals surface area contributed by atoms with E-state index in [1.807, 2.05) is 80.6 Å². The highest BCUT2D eigenvalue weighted by molar-refractivity contribution is 6.01. The number of amides is 2. The van der Waals surface area contributed by atoms with Crippen molar-refractivity contribution in [1.82, 2.24) is 20.1 Å². The molecule has 2 aromatic carbocycles. The summed E-state index contributed by atoms with van der Waals surface area (Å²) in [5, 5.41) is 14.1. The number of carbonyl (C=O) groups excluding carboxylic acids is 2. The highest BCUT2D eigenvalue weighted by Crippen LogP contribution is 2.34. The van der Waals surface area contributed by atoms with E-state index in [1.54, 1.807) is 10.7 Å². The van der Waals surface area contributed by atoms with E-state index >= 15 is 0 Å². The summed E-state index contributed by atoms with van der Waals surface area (Å²) in [5.41, 5.74) is 5.61. The molecule has 4 aromatic rings. The van der Waals surface area contributed by atoms with Gasteiger partial charge in [0.25, 0.3) is 0 Å². The first kappa shape index (κ1) is 29.2. The quantitative estimate of drug-likeness (QED) is 0.215. The zero-order valence-corrected chi connectivity index (χ0v) is 25.1. The number of benzene rings is 2. The Labute approximate surface area is 248 Å². The van der Waals surface area contributed by atoms with Gasteiger partial charge in [0.1, 0.15) is 11.5 Å². The van der Waals surface area contributed by atoms with Crippen LogP contribution in [0.4, 0.5) is 16.3 Å². The standard InChI is InChI=1S/C34H40N6O2/c1-22-9-15-27(16-10-22)40-30(21-29(39-40)34(3,4)5)38-33(42)37-26-13-11-24(12-14-26)31(25-17-19-35-20-18-25)32(41)28-8-6-7-23(2)36-28/h6-16,21,25,31,35H,17-20H2,1-5H3,(H2,37,38,42). The Bertz CT molecular complexity index is 1540. The predicted molar refractivity (Wildman–Crippen MR) is 168 cm³/mol. The summed E-state index contributed by atoms with van der Waals surface area (Å²) in [4.78, 5) is 31.4. The molecule has 0 aliphatic carbocycles. The van der Waals surface area contributed by atoms with Crippen molar-refractivity contribution in [2.75, 3.05) is 23.7 Å². The number of aromatic nitrogens is 3. The van der Waals surface area contributed by atoms with Crippen molar-refractivity contribution < 1.29 is 9.59 Å². The molecule has 1 aliphatic rings. The molecule has 1 aliphatic heterocycles. The first-order valence-corrected chi connectivity index (χ1v) is 14.6. The van der Waals surface area contributed by atoms with E-state index in [4.69, 9.17) is 5.10 Å². The summed E-state index contributed by atoms with van der Waals surface area (Å²) in [5.74, 6) is 0.564.